The normalized spacial score (nSPS) is 18.2. The molecule has 112 valence electrons. The van der Waals surface area contributed by atoms with Crippen LogP contribution in [0.3, 0.4) is 0 Å². The molecule has 0 saturated heterocycles. The fourth-order valence-electron chi connectivity index (χ4n) is 3.64. The molecule has 0 radical (unpaired) electrons. The van der Waals surface area contributed by atoms with E-state index in [1.165, 1.54) is 30.4 Å². The average Bonchev–Trinajstić information content (AvgIpc) is 2.81. The van der Waals surface area contributed by atoms with Crippen molar-refractivity contribution in [2.45, 2.75) is 65.5 Å². The van der Waals surface area contributed by atoms with Crippen molar-refractivity contribution >= 4 is 0 Å². The lowest BCUT2D eigenvalue weighted by atomic mass is 10.00. The summed E-state index contributed by atoms with van der Waals surface area (Å²) < 4.78 is 0. The summed E-state index contributed by atoms with van der Waals surface area (Å²) in [5.41, 5.74) is 2.78. The molecule has 2 heteroatoms. The molecule has 1 aromatic rings. The number of nitrogens with zero attached hydrogens (tertiary/aromatic N) is 1. The first-order chi connectivity index (χ1) is 9.56. The van der Waals surface area contributed by atoms with Crippen LogP contribution in [0.15, 0.2) is 18.2 Å². The number of aryl methyl sites for hydroxylation is 1. The van der Waals surface area contributed by atoms with Crippen LogP contribution in [0.1, 0.15) is 64.1 Å². The highest BCUT2D eigenvalue weighted by molar-refractivity contribution is 5.40. The quantitative estimate of drug-likeness (QED) is 0.824. The van der Waals surface area contributed by atoms with Gasteiger partial charge >= 0.3 is 0 Å². The van der Waals surface area contributed by atoms with Crippen LogP contribution in [0.5, 0.6) is 5.75 Å². The molecule has 1 aromatic carbocycles. The minimum Gasteiger partial charge on any atom is -0.508 e. The molecule has 0 aromatic heterocycles. The monoisotopic (exact) mass is 275 g/mol. The molecule has 0 spiro atoms. The topological polar surface area (TPSA) is 23.5 Å². The largest absolute Gasteiger partial charge is 0.508 e. The van der Waals surface area contributed by atoms with Gasteiger partial charge in [0.05, 0.1) is 0 Å². The van der Waals surface area contributed by atoms with E-state index in [9.17, 15) is 5.11 Å². The van der Waals surface area contributed by atoms with Crippen molar-refractivity contribution in [2.24, 2.45) is 5.92 Å². The highest BCUT2D eigenvalue weighted by Gasteiger charge is 2.31. The van der Waals surface area contributed by atoms with Crippen LogP contribution in [0.2, 0.25) is 0 Å². The van der Waals surface area contributed by atoms with E-state index in [4.69, 9.17) is 0 Å². The van der Waals surface area contributed by atoms with Crippen molar-refractivity contribution in [3.05, 3.63) is 29.3 Å². The van der Waals surface area contributed by atoms with Crippen molar-refractivity contribution in [1.82, 2.24) is 4.90 Å². The van der Waals surface area contributed by atoms with Crippen LogP contribution in [0.4, 0.5) is 0 Å². The number of hydrogen-bond donors (Lipinski definition) is 1. The molecular formula is C18H29NO. The first-order valence-corrected chi connectivity index (χ1v) is 8.14. The SMILES string of the molecule is CCC(CC)N(CC(C)C)C1CCc2cc(O)ccc21. The minimum atomic E-state index is 0.405. The third-order valence-electron chi connectivity index (χ3n) is 4.56. The second-order valence-electron chi connectivity index (χ2n) is 6.50. The summed E-state index contributed by atoms with van der Waals surface area (Å²) in [6, 6.07) is 7.14. The molecular weight excluding hydrogens is 246 g/mol. The molecule has 0 saturated carbocycles. The van der Waals surface area contributed by atoms with E-state index in [0.717, 1.165) is 13.0 Å². The summed E-state index contributed by atoms with van der Waals surface area (Å²) in [7, 11) is 0. The summed E-state index contributed by atoms with van der Waals surface area (Å²) in [6.07, 6.45) is 4.73. The Morgan fingerprint density at radius 3 is 2.55 bits per heavy atom. The highest BCUT2D eigenvalue weighted by atomic mass is 16.3. The molecule has 0 bridgehead atoms. The first-order valence-electron chi connectivity index (χ1n) is 8.14. The Balaban J connectivity index is 2.27. The number of hydrogen-bond acceptors (Lipinski definition) is 2. The van der Waals surface area contributed by atoms with Crippen molar-refractivity contribution in [1.29, 1.82) is 0 Å². The molecule has 20 heavy (non-hydrogen) atoms. The summed E-state index contributed by atoms with van der Waals surface area (Å²) in [5.74, 6) is 1.10. The zero-order chi connectivity index (χ0) is 14.7. The van der Waals surface area contributed by atoms with Crippen molar-refractivity contribution in [2.75, 3.05) is 6.54 Å². The average molecular weight is 275 g/mol. The van der Waals surface area contributed by atoms with Gasteiger partial charge in [-0.1, -0.05) is 33.8 Å². The van der Waals surface area contributed by atoms with Gasteiger partial charge in [-0.05, 0) is 54.9 Å². The molecule has 1 atom stereocenters. The Morgan fingerprint density at radius 1 is 1.25 bits per heavy atom. The Morgan fingerprint density at radius 2 is 1.95 bits per heavy atom. The maximum Gasteiger partial charge on any atom is 0.115 e. The lowest BCUT2D eigenvalue weighted by Crippen LogP contribution is -2.39. The van der Waals surface area contributed by atoms with Gasteiger partial charge in [0.1, 0.15) is 5.75 Å². The Labute approximate surface area is 123 Å². The van der Waals surface area contributed by atoms with Crippen molar-refractivity contribution < 1.29 is 5.11 Å². The molecule has 0 fully saturated rings. The fourth-order valence-corrected chi connectivity index (χ4v) is 3.64. The number of phenolic OH excluding ortho intramolecular Hbond substituents is 1. The van der Waals surface area contributed by atoms with Gasteiger partial charge in [-0.2, -0.15) is 0 Å². The van der Waals surface area contributed by atoms with Gasteiger partial charge in [0.2, 0.25) is 0 Å². The molecule has 0 amide bonds. The van der Waals surface area contributed by atoms with Gasteiger partial charge in [-0.15, -0.1) is 0 Å². The molecule has 0 heterocycles. The smallest absolute Gasteiger partial charge is 0.115 e. The van der Waals surface area contributed by atoms with Gasteiger partial charge in [-0.25, -0.2) is 0 Å². The fraction of sp³-hybridized carbons (Fsp3) is 0.667. The summed E-state index contributed by atoms with van der Waals surface area (Å²) >= 11 is 0. The molecule has 1 aliphatic rings. The van der Waals surface area contributed by atoms with Crippen LogP contribution in [0, 0.1) is 5.92 Å². The highest BCUT2D eigenvalue weighted by Crippen LogP contribution is 2.39. The molecule has 2 nitrogen and oxygen atoms in total. The van der Waals surface area contributed by atoms with E-state index in [1.54, 1.807) is 0 Å². The van der Waals surface area contributed by atoms with Crippen LogP contribution in [-0.4, -0.2) is 22.6 Å². The number of fused-ring (bicyclic) bond motifs is 1. The van der Waals surface area contributed by atoms with Crippen LogP contribution >= 0.6 is 0 Å². The van der Waals surface area contributed by atoms with E-state index in [2.05, 4.69) is 38.7 Å². The number of phenols is 1. The van der Waals surface area contributed by atoms with Gasteiger partial charge in [0, 0.05) is 18.6 Å². The van der Waals surface area contributed by atoms with Gasteiger partial charge in [0.15, 0.2) is 0 Å². The lowest BCUT2D eigenvalue weighted by molar-refractivity contribution is 0.109. The zero-order valence-electron chi connectivity index (χ0n) is 13.4. The Bertz CT molecular complexity index is 437. The maximum atomic E-state index is 9.65. The van der Waals surface area contributed by atoms with Gasteiger partial charge in [0.25, 0.3) is 0 Å². The summed E-state index contributed by atoms with van der Waals surface area (Å²) in [6.45, 7) is 10.4. The second kappa shape index (κ2) is 6.62. The second-order valence-corrected chi connectivity index (χ2v) is 6.50. The predicted molar refractivity (Wildman–Crippen MR) is 85.1 cm³/mol. The molecule has 1 unspecified atom stereocenters. The van der Waals surface area contributed by atoms with Crippen molar-refractivity contribution in [3.8, 4) is 5.75 Å². The van der Waals surface area contributed by atoms with Crippen LogP contribution in [-0.2, 0) is 6.42 Å². The van der Waals surface area contributed by atoms with Crippen molar-refractivity contribution in [3.63, 3.8) is 0 Å². The van der Waals surface area contributed by atoms with E-state index < -0.39 is 0 Å². The molecule has 0 aliphatic heterocycles. The Hall–Kier alpha value is -1.02. The van der Waals surface area contributed by atoms with Gasteiger partial charge in [-0.3, -0.25) is 4.90 Å². The van der Waals surface area contributed by atoms with Crippen LogP contribution in [0.25, 0.3) is 0 Å². The number of aromatic hydroxyl groups is 1. The Kier molecular flexibility index (Phi) is 5.09. The molecule has 1 aliphatic carbocycles. The van der Waals surface area contributed by atoms with Crippen LogP contribution < -0.4 is 0 Å². The van der Waals surface area contributed by atoms with E-state index >= 15 is 0 Å². The standard InChI is InChI=1S/C18H29NO/c1-5-15(6-2)19(12-13(3)4)18-10-7-14-11-16(20)8-9-17(14)18/h8-9,11,13,15,18,20H,5-7,10,12H2,1-4H3. The van der Waals surface area contributed by atoms with E-state index in [-0.39, 0.29) is 0 Å². The molecule has 1 N–H and O–H groups in total. The van der Waals surface area contributed by atoms with E-state index in [0.29, 0.717) is 23.8 Å². The number of rotatable bonds is 6. The summed E-state index contributed by atoms with van der Waals surface area (Å²) in [5, 5.41) is 9.65. The minimum absolute atomic E-state index is 0.405. The summed E-state index contributed by atoms with van der Waals surface area (Å²) in [4.78, 5) is 2.72. The van der Waals surface area contributed by atoms with E-state index in [1.807, 2.05) is 12.1 Å². The zero-order valence-corrected chi connectivity index (χ0v) is 13.4. The predicted octanol–water partition coefficient (Wildman–Crippen LogP) is 4.53. The number of benzene rings is 1. The molecule has 2 rings (SSSR count). The third-order valence-corrected chi connectivity index (χ3v) is 4.56. The first kappa shape index (κ1) is 15.4. The lowest BCUT2D eigenvalue weighted by Gasteiger charge is -2.37. The van der Waals surface area contributed by atoms with Gasteiger partial charge < -0.3 is 5.11 Å². The maximum absolute atomic E-state index is 9.65. The third kappa shape index (κ3) is 3.17.